The molecule has 0 unspecified atom stereocenters. The molecule has 0 spiro atoms. The molecule has 0 fully saturated rings. The molecule has 38 heavy (non-hydrogen) atoms. The highest BCUT2D eigenvalue weighted by atomic mass is 35.5. The fourth-order valence-electron chi connectivity index (χ4n) is 4.13. The van der Waals surface area contributed by atoms with Gasteiger partial charge < -0.3 is 14.2 Å². The molecule has 3 aromatic rings. The molecule has 7 nitrogen and oxygen atoms in total. The van der Waals surface area contributed by atoms with Crippen molar-refractivity contribution in [3.63, 3.8) is 0 Å². The molecule has 4 rings (SSSR count). The number of ether oxygens (including phenoxy) is 3. The average molecular weight is 554 g/mol. The monoisotopic (exact) mass is 553 g/mol. The third-order valence-electron chi connectivity index (χ3n) is 5.57. The molecular weight excluding hydrogens is 534 g/mol. The second-order valence-corrected chi connectivity index (χ2v) is 8.48. The van der Waals surface area contributed by atoms with Gasteiger partial charge in [-0.3, -0.25) is 14.4 Å². The minimum atomic E-state index is -2.90. The highest BCUT2D eigenvalue weighted by molar-refractivity contribution is 6.41. The van der Waals surface area contributed by atoms with Crippen LogP contribution in [0.15, 0.2) is 42.5 Å². The van der Waals surface area contributed by atoms with Crippen molar-refractivity contribution in [3.8, 4) is 11.5 Å². The SMILES string of the molecule is CCOC(=O)Cc1ccc(N2C(=O)c3c(c(OCC(F)F)c4ccccc4c3OCC(F)F)C2=O)c(Cl)c1. The van der Waals surface area contributed by atoms with E-state index in [1.165, 1.54) is 42.5 Å². The Labute approximate surface area is 218 Å². The van der Waals surface area contributed by atoms with Crippen molar-refractivity contribution >= 4 is 45.8 Å². The summed E-state index contributed by atoms with van der Waals surface area (Å²) in [7, 11) is 0. The Morgan fingerprint density at radius 1 is 0.895 bits per heavy atom. The van der Waals surface area contributed by atoms with Crippen molar-refractivity contribution in [1.82, 2.24) is 0 Å². The lowest BCUT2D eigenvalue weighted by atomic mass is 9.99. The van der Waals surface area contributed by atoms with E-state index in [-0.39, 0.29) is 46.0 Å². The number of carbonyl (C=O) groups is 3. The maximum Gasteiger partial charge on any atom is 0.310 e. The molecule has 12 heteroatoms. The van der Waals surface area contributed by atoms with Gasteiger partial charge in [-0.25, -0.2) is 22.5 Å². The topological polar surface area (TPSA) is 82.1 Å². The molecule has 0 saturated heterocycles. The molecule has 0 radical (unpaired) electrons. The van der Waals surface area contributed by atoms with E-state index >= 15 is 0 Å². The number of imide groups is 1. The third kappa shape index (κ3) is 5.24. The van der Waals surface area contributed by atoms with Crippen LogP contribution in [0.25, 0.3) is 10.8 Å². The van der Waals surface area contributed by atoms with E-state index in [1.54, 1.807) is 6.92 Å². The fourth-order valence-corrected chi connectivity index (χ4v) is 4.42. The van der Waals surface area contributed by atoms with Crippen LogP contribution in [0.2, 0.25) is 5.02 Å². The van der Waals surface area contributed by atoms with Crippen molar-refractivity contribution in [2.75, 3.05) is 24.7 Å². The van der Waals surface area contributed by atoms with Gasteiger partial charge in [0.05, 0.1) is 34.9 Å². The Morgan fingerprint density at radius 2 is 1.42 bits per heavy atom. The van der Waals surface area contributed by atoms with Gasteiger partial charge in [-0.2, -0.15) is 0 Å². The number of benzene rings is 3. The van der Waals surface area contributed by atoms with Gasteiger partial charge in [-0.15, -0.1) is 0 Å². The first kappa shape index (κ1) is 27.2. The second-order valence-electron chi connectivity index (χ2n) is 8.07. The first-order valence-electron chi connectivity index (χ1n) is 11.4. The van der Waals surface area contributed by atoms with Crippen LogP contribution in [0, 0.1) is 0 Å². The lowest BCUT2D eigenvalue weighted by Crippen LogP contribution is -2.30. The number of hydrogen-bond donors (Lipinski definition) is 0. The lowest BCUT2D eigenvalue weighted by molar-refractivity contribution is -0.142. The molecule has 0 aromatic heterocycles. The van der Waals surface area contributed by atoms with Gasteiger partial charge in [0.2, 0.25) is 0 Å². The van der Waals surface area contributed by atoms with Gasteiger partial charge in [0.1, 0.15) is 24.7 Å². The van der Waals surface area contributed by atoms with Crippen LogP contribution >= 0.6 is 11.6 Å². The Balaban J connectivity index is 1.86. The molecule has 0 N–H and O–H groups in total. The van der Waals surface area contributed by atoms with Gasteiger partial charge in [-0.1, -0.05) is 41.9 Å². The largest absolute Gasteiger partial charge is 0.486 e. The molecule has 2 amide bonds. The molecule has 0 atom stereocenters. The zero-order valence-corrected chi connectivity index (χ0v) is 20.6. The van der Waals surface area contributed by atoms with E-state index in [9.17, 15) is 31.9 Å². The summed E-state index contributed by atoms with van der Waals surface area (Å²) in [6, 6.07) is 10.1. The van der Waals surface area contributed by atoms with Crippen molar-refractivity contribution in [2.24, 2.45) is 0 Å². The average Bonchev–Trinajstić information content (AvgIpc) is 3.11. The van der Waals surface area contributed by atoms with Crippen LogP contribution in [0.1, 0.15) is 33.2 Å². The standard InChI is InChI=1S/C26H20ClF4NO6/c1-2-36-20(33)10-13-7-8-17(16(27)9-13)32-25(34)21-22(26(32)35)24(38-12-19(30)31)15-6-4-3-5-14(15)23(21)37-11-18(28)29/h3-9,18-19H,2,10-12H2,1H3. The highest BCUT2D eigenvalue weighted by Gasteiger charge is 2.44. The predicted octanol–water partition coefficient (Wildman–Crippen LogP) is 5.69. The van der Waals surface area contributed by atoms with Gasteiger partial charge in [0.15, 0.2) is 0 Å². The zero-order valence-electron chi connectivity index (χ0n) is 19.8. The van der Waals surface area contributed by atoms with Gasteiger partial charge in [-0.05, 0) is 24.6 Å². The summed E-state index contributed by atoms with van der Waals surface area (Å²) in [5.74, 6) is -3.07. The Hall–Kier alpha value is -3.86. The molecule has 3 aromatic carbocycles. The van der Waals surface area contributed by atoms with Gasteiger partial charge in [0, 0.05) is 10.8 Å². The Bertz CT molecular complexity index is 1340. The van der Waals surface area contributed by atoms with E-state index < -0.39 is 55.0 Å². The summed E-state index contributed by atoms with van der Waals surface area (Å²) in [6.45, 7) is -0.338. The normalized spacial score (nSPS) is 13.0. The molecule has 1 aliphatic rings. The maximum absolute atomic E-state index is 13.6. The Kier molecular flexibility index (Phi) is 8.05. The number of amides is 2. The van der Waals surface area contributed by atoms with Crippen LogP contribution < -0.4 is 14.4 Å². The van der Waals surface area contributed by atoms with Crippen LogP contribution in [-0.2, 0) is 16.0 Å². The summed E-state index contributed by atoms with van der Waals surface area (Å²) < 4.78 is 67.7. The van der Waals surface area contributed by atoms with Crippen molar-refractivity contribution < 1.29 is 46.2 Å². The smallest absolute Gasteiger partial charge is 0.310 e. The summed E-state index contributed by atoms with van der Waals surface area (Å²) in [6.07, 6.45) is -5.91. The lowest BCUT2D eigenvalue weighted by Gasteiger charge is -2.17. The summed E-state index contributed by atoms with van der Waals surface area (Å²) in [5, 5.41) is 0.168. The van der Waals surface area contributed by atoms with Crippen molar-refractivity contribution in [3.05, 3.63) is 64.2 Å². The van der Waals surface area contributed by atoms with Crippen molar-refractivity contribution in [2.45, 2.75) is 26.2 Å². The number of alkyl halides is 4. The number of anilines is 1. The number of esters is 1. The summed E-state index contributed by atoms with van der Waals surface area (Å²) in [4.78, 5) is 39.7. The van der Waals surface area contributed by atoms with E-state index in [0.717, 1.165) is 0 Å². The number of fused-ring (bicyclic) bond motifs is 2. The number of carbonyl (C=O) groups excluding carboxylic acids is 3. The molecular formula is C26H20ClF4NO6. The van der Waals surface area contributed by atoms with Gasteiger partial charge >= 0.3 is 5.97 Å². The number of rotatable bonds is 10. The van der Waals surface area contributed by atoms with Crippen LogP contribution in [0.5, 0.6) is 11.5 Å². The fraction of sp³-hybridized carbons (Fsp3) is 0.269. The molecule has 200 valence electrons. The van der Waals surface area contributed by atoms with Crippen molar-refractivity contribution in [1.29, 1.82) is 0 Å². The Morgan fingerprint density at radius 3 is 1.87 bits per heavy atom. The number of nitrogens with zero attached hydrogens (tertiary/aromatic N) is 1. The summed E-state index contributed by atoms with van der Waals surface area (Å²) in [5.41, 5.74) is -0.453. The maximum atomic E-state index is 13.6. The zero-order chi connectivity index (χ0) is 27.6. The van der Waals surface area contributed by atoms with Crippen LogP contribution in [-0.4, -0.2) is 50.5 Å². The highest BCUT2D eigenvalue weighted by Crippen LogP contribution is 2.47. The first-order valence-corrected chi connectivity index (χ1v) is 11.7. The molecule has 0 saturated carbocycles. The minimum absolute atomic E-state index is 0.0732. The minimum Gasteiger partial charge on any atom is -0.486 e. The quantitative estimate of drug-likeness (QED) is 0.182. The van der Waals surface area contributed by atoms with E-state index in [2.05, 4.69) is 0 Å². The molecule has 1 aliphatic heterocycles. The van der Waals surface area contributed by atoms with Crippen LogP contribution in [0.4, 0.5) is 23.2 Å². The van der Waals surface area contributed by atoms with Gasteiger partial charge in [0.25, 0.3) is 24.7 Å². The van der Waals surface area contributed by atoms with Crippen LogP contribution in [0.3, 0.4) is 0 Å². The third-order valence-corrected chi connectivity index (χ3v) is 5.87. The summed E-state index contributed by atoms with van der Waals surface area (Å²) >= 11 is 6.37. The van der Waals surface area contributed by atoms with E-state index in [0.29, 0.717) is 10.5 Å². The molecule has 0 bridgehead atoms. The number of halogens is 5. The molecule has 1 heterocycles. The first-order chi connectivity index (χ1) is 18.1. The van der Waals surface area contributed by atoms with E-state index in [4.69, 9.17) is 25.8 Å². The predicted molar refractivity (Wildman–Crippen MR) is 130 cm³/mol. The number of hydrogen-bond acceptors (Lipinski definition) is 6. The molecule has 0 aliphatic carbocycles. The van der Waals surface area contributed by atoms with E-state index in [1.807, 2.05) is 0 Å². The second kappa shape index (κ2) is 11.3.